The molecule has 0 aliphatic carbocycles. The minimum Gasteiger partial charge on any atom is -0.366 e. The van der Waals surface area contributed by atoms with Crippen molar-refractivity contribution in [1.82, 2.24) is 45.1 Å². The Kier molecular flexibility index (Phi) is 12.1. The van der Waals surface area contributed by atoms with Crippen molar-refractivity contribution in [1.29, 1.82) is 0 Å². The number of amides is 2. The quantitative estimate of drug-likeness (QED) is 0.180. The number of nitrogens with one attached hydrogen (secondary N) is 3. The van der Waals surface area contributed by atoms with Gasteiger partial charge in [0.2, 0.25) is 11.8 Å². The normalized spacial score (nSPS) is 14.1. The van der Waals surface area contributed by atoms with E-state index in [4.69, 9.17) is 28.2 Å². The van der Waals surface area contributed by atoms with Gasteiger partial charge in [0.1, 0.15) is 11.0 Å². The third kappa shape index (κ3) is 8.59. The summed E-state index contributed by atoms with van der Waals surface area (Å²) < 4.78 is 3.50. The molecule has 2 aliphatic rings. The molecule has 2 aliphatic heterocycles. The summed E-state index contributed by atoms with van der Waals surface area (Å²) in [5.74, 6) is 0.0571. The van der Waals surface area contributed by atoms with E-state index in [1.165, 1.54) is 0 Å². The number of anilines is 1. The van der Waals surface area contributed by atoms with Gasteiger partial charge in [-0.1, -0.05) is 43.3 Å². The number of aromatic nitrogens is 6. The third-order valence-corrected chi connectivity index (χ3v) is 8.21. The maximum absolute atomic E-state index is 11.2. The van der Waals surface area contributed by atoms with Crippen LogP contribution in [0.5, 0.6) is 0 Å². The van der Waals surface area contributed by atoms with E-state index in [2.05, 4.69) is 35.9 Å². The molecule has 2 amide bonds. The molecule has 6 heterocycles. The number of halogens is 1. The van der Waals surface area contributed by atoms with Gasteiger partial charge in [-0.05, 0) is 48.5 Å². The molecule has 6 aromatic rings. The van der Waals surface area contributed by atoms with Gasteiger partial charge in [0.25, 0.3) is 0 Å². The van der Waals surface area contributed by atoms with Crippen LogP contribution in [-0.2, 0) is 0 Å². The molecule has 0 radical (unpaired) electrons. The summed E-state index contributed by atoms with van der Waals surface area (Å²) in [5.41, 5.74) is 16.5. The molecule has 0 unspecified atom stereocenters. The standard InChI is InChI=1S/C17H18N6O.C13H9ClN4O.C4H10N2.CH4/c18-17(24)13-3-1-12(2-4-13)14-11-20-15-5-6-16(21-23(14)15)22-9-7-19-8-10-22;14-11-5-6-12-16-7-10(18(12)17-11)8-1-3-9(4-2-8)13(15)19;1-2-6-4-3-5-1;/h1-6,11,19H,7-10H2,(H2,18,24);1-7H,(H2,15,19);5-6H,1-4H2;1H4. The Hall–Kier alpha value is -5.41. The molecule has 2 fully saturated rings. The molecule has 4 aromatic heterocycles. The minimum atomic E-state index is -0.453. The topological polar surface area (TPSA) is 186 Å². The lowest BCUT2D eigenvalue weighted by atomic mass is 10.1. The number of piperazine rings is 2. The number of hydrogen-bond acceptors (Lipinski definition) is 10. The fourth-order valence-electron chi connectivity index (χ4n) is 5.38. The highest BCUT2D eigenvalue weighted by atomic mass is 35.5. The number of carbonyl (C=O) groups is 2. The van der Waals surface area contributed by atoms with E-state index >= 15 is 0 Å². The van der Waals surface area contributed by atoms with Crippen molar-refractivity contribution in [3.05, 3.63) is 101 Å². The number of rotatable bonds is 5. The summed E-state index contributed by atoms with van der Waals surface area (Å²) in [4.78, 5) is 33.2. The third-order valence-electron chi connectivity index (χ3n) is 8.01. The smallest absolute Gasteiger partial charge is 0.248 e. The number of carbonyl (C=O) groups excluding carboxylic acids is 2. The first-order valence-corrected chi connectivity index (χ1v) is 16.3. The molecule has 0 saturated carbocycles. The molecule has 2 aromatic carbocycles. The molecule has 8 rings (SSSR count). The van der Waals surface area contributed by atoms with Crippen LogP contribution in [0, 0.1) is 0 Å². The van der Waals surface area contributed by atoms with Crippen molar-refractivity contribution in [2.24, 2.45) is 11.5 Å². The maximum Gasteiger partial charge on any atom is 0.248 e. The van der Waals surface area contributed by atoms with E-state index in [0.29, 0.717) is 21.9 Å². The monoisotopic (exact) mass is 696 g/mol. The fourth-order valence-corrected chi connectivity index (χ4v) is 5.52. The van der Waals surface area contributed by atoms with Gasteiger partial charge >= 0.3 is 0 Å². The molecular weight excluding hydrogens is 656 g/mol. The van der Waals surface area contributed by atoms with E-state index in [-0.39, 0.29) is 7.43 Å². The molecule has 15 heteroatoms. The van der Waals surface area contributed by atoms with Crippen LogP contribution in [0.2, 0.25) is 5.15 Å². The van der Waals surface area contributed by atoms with Crippen LogP contribution in [0.15, 0.2) is 85.2 Å². The largest absolute Gasteiger partial charge is 0.366 e. The first-order valence-electron chi connectivity index (χ1n) is 15.9. The van der Waals surface area contributed by atoms with Crippen LogP contribution in [0.3, 0.4) is 0 Å². The van der Waals surface area contributed by atoms with Crippen LogP contribution in [-0.4, -0.2) is 93.4 Å². The predicted octanol–water partition coefficient (Wildman–Crippen LogP) is 2.87. The van der Waals surface area contributed by atoms with E-state index in [0.717, 1.165) is 86.3 Å². The average Bonchev–Trinajstić information content (AvgIpc) is 3.77. The Labute approximate surface area is 294 Å². The predicted molar refractivity (Wildman–Crippen MR) is 196 cm³/mol. The molecule has 2 saturated heterocycles. The lowest BCUT2D eigenvalue weighted by molar-refractivity contribution is 0.0992. The van der Waals surface area contributed by atoms with Crippen LogP contribution < -0.4 is 32.3 Å². The van der Waals surface area contributed by atoms with Gasteiger partial charge in [-0.15, -0.1) is 5.10 Å². The van der Waals surface area contributed by atoms with E-state index in [1.54, 1.807) is 65.4 Å². The molecular formula is C35H41ClN12O2. The van der Waals surface area contributed by atoms with Crippen molar-refractivity contribution < 1.29 is 9.59 Å². The van der Waals surface area contributed by atoms with Crippen LogP contribution in [0.4, 0.5) is 5.82 Å². The number of benzene rings is 2. The Morgan fingerprint density at radius 2 is 1.04 bits per heavy atom. The zero-order valence-corrected chi connectivity index (χ0v) is 27.5. The van der Waals surface area contributed by atoms with Crippen molar-refractivity contribution in [3.8, 4) is 22.5 Å². The van der Waals surface area contributed by atoms with Crippen LogP contribution in [0.1, 0.15) is 28.1 Å². The summed E-state index contributed by atoms with van der Waals surface area (Å²) in [5, 5.41) is 19.1. The second kappa shape index (κ2) is 16.8. The molecule has 0 atom stereocenters. The summed E-state index contributed by atoms with van der Waals surface area (Å²) in [6.45, 7) is 8.36. The Bertz CT molecular complexity index is 2020. The summed E-state index contributed by atoms with van der Waals surface area (Å²) in [7, 11) is 0. The Balaban J connectivity index is 0.000000167. The van der Waals surface area contributed by atoms with Gasteiger partial charge in [-0.3, -0.25) is 9.59 Å². The first kappa shape index (κ1) is 35.9. The van der Waals surface area contributed by atoms with E-state index < -0.39 is 11.8 Å². The molecule has 260 valence electrons. The SMILES string of the molecule is C.C1CNCCN1.NC(=O)c1ccc(-c2cnc3ccc(Cl)nn23)cc1.NC(=O)c1ccc(-c2cnc3ccc(N4CCNCC4)nn23)cc1. The van der Waals surface area contributed by atoms with Gasteiger partial charge in [-0.25, -0.2) is 19.0 Å². The highest BCUT2D eigenvalue weighted by molar-refractivity contribution is 6.29. The molecule has 0 spiro atoms. The zero-order chi connectivity index (χ0) is 34.2. The maximum atomic E-state index is 11.2. The zero-order valence-electron chi connectivity index (χ0n) is 26.7. The van der Waals surface area contributed by atoms with Crippen LogP contribution >= 0.6 is 11.6 Å². The number of primary amides is 2. The molecule has 14 nitrogen and oxygen atoms in total. The number of nitrogens with two attached hydrogens (primary N) is 2. The number of hydrogen-bond donors (Lipinski definition) is 5. The first-order chi connectivity index (χ1) is 23.9. The fraction of sp³-hybridized carbons (Fsp3) is 0.257. The van der Waals surface area contributed by atoms with Gasteiger partial charge < -0.3 is 32.3 Å². The minimum absolute atomic E-state index is 0. The molecule has 0 bridgehead atoms. The summed E-state index contributed by atoms with van der Waals surface area (Å²) in [6.07, 6.45) is 3.50. The van der Waals surface area contributed by atoms with Crippen molar-refractivity contribution >= 4 is 40.5 Å². The highest BCUT2D eigenvalue weighted by Gasteiger charge is 2.15. The summed E-state index contributed by atoms with van der Waals surface area (Å²) >= 11 is 5.88. The molecule has 7 N–H and O–H groups in total. The van der Waals surface area contributed by atoms with Gasteiger partial charge in [0.15, 0.2) is 11.3 Å². The highest BCUT2D eigenvalue weighted by Crippen LogP contribution is 2.23. The van der Waals surface area contributed by atoms with Crippen molar-refractivity contribution in [2.75, 3.05) is 57.3 Å². The van der Waals surface area contributed by atoms with Gasteiger partial charge in [0.05, 0.1) is 23.8 Å². The number of nitrogens with zero attached hydrogens (tertiary/aromatic N) is 7. The summed E-state index contributed by atoms with van der Waals surface area (Å²) in [6, 6.07) is 21.6. The average molecular weight is 697 g/mol. The van der Waals surface area contributed by atoms with E-state index in [9.17, 15) is 9.59 Å². The second-order valence-corrected chi connectivity index (χ2v) is 11.7. The second-order valence-electron chi connectivity index (χ2n) is 11.3. The van der Waals surface area contributed by atoms with Gasteiger partial charge in [0, 0.05) is 74.6 Å². The lowest BCUT2D eigenvalue weighted by Gasteiger charge is -2.28. The Morgan fingerprint density at radius 1 is 0.600 bits per heavy atom. The number of imidazole rings is 2. The van der Waals surface area contributed by atoms with Crippen molar-refractivity contribution in [3.63, 3.8) is 0 Å². The van der Waals surface area contributed by atoms with Crippen LogP contribution in [0.25, 0.3) is 33.8 Å². The number of fused-ring (bicyclic) bond motifs is 2. The van der Waals surface area contributed by atoms with Crippen molar-refractivity contribution in [2.45, 2.75) is 7.43 Å². The Morgan fingerprint density at radius 3 is 1.50 bits per heavy atom. The lowest BCUT2D eigenvalue weighted by Crippen LogP contribution is -2.44. The molecule has 50 heavy (non-hydrogen) atoms. The van der Waals surface area contributed by atoms with Gasteiger partial charge in [-0.2, -0.15) is 5.10 Å². The van der Waals surface area contributed by atoms with E-state index in [1.807, 2.05) is 28.8 Å².